The molecule has 0 amide bonds. The van der Waals surface area contributed by atoms with Crippen molar-refractivity contribution in [1.29, 1.82) is 0 Å². The summed E-state index contributed by atoms with van der Waals surface area (Å²) in [6.45, 7) is 22.5. The Labute approximate surface area is 492 Å². The first-order chi connectivity index (χ1) is 39.9. The summed E-state index contributed by atoms with van der Waals surface area (Å²) in [5.41, 5.74) is 1.43. The van der Waals surface area contributed by atoms with Crippen molar-refractivity contribution in [3.63, 3.8) is 0 Å². The number of esters is 5. The molecule has 84 heavy (non-hydrogen) atoms. The molecule has 0 aliphatic carbocycles. The highest BCUT2D eigenvalue weighted by atomic mass is 16.6. The van der Waals surface area contributed by atoms with Gasteiger partial charge in [0.25, 0.3) is 0 Å². The molecule has 5 atom stereocenters. The van der Waals surface area contributed by atoms with Gasteiger partial charge in [0, 0.05) is 21.5 Å². The monoisotopic (exact) mass is 1150 g/mol. The van der Waals surface area contributed by atoms with Gasteiger partial charge in [-0.3, -0.25) is 24.0 Å². The highest BCUT2D eigenvalue weighted by Gasteiger charge is 2.19. The smallest absolute Gasteiger partial charge is 0.314 e. The van der Waals surface area contributed by atoms with Gasteiger partial charge in [-0.15, -0.1) is 0 Å². The first kappa shape index (κ1) is 67.4. The molecular formula is C69H80O15. The van der Waals surface area contributed by atoms with Crippen LogP contribution in [0.5, 0.6) is 57.5 Å². The number of carbonyl (C=O) groups excluding carboxylic acids is 5. The summed E-state index contributed by atoms with van der Waals surface area (Å²) in [5.74, 6) is 1.80. The Kier molecular flexibility index (Phi) is 26.6. The fourth-order valence-corrected chi connectivity index (χ4v) is 7.36. The number of fused-ring (bicyclic) bond motifs is 3. The largest absolute Gasteiger partial charge is 0.508 e. The summed E-state index contributed by atoms with van der Waals surface area (Å²) in [6.07, 6.45) is 3.77. The van der Waals surface area contributed by atoms with E-state index in [-0.39, 0.29) is 88.2 Å². The third kappa shape index (κ3) is 20.1. The molecule has 15 heteroatoms. The van der Waals surface area contributed by atoms with Gasteiger partial charge in [-0.25, -0.2) is 0 Å². The fourth-order valence-electron chi connectivity index (χ4n) is 7.36. The molecule has 8 aromatic carbocycles. The van der Waals surface area contributed by atoms with Gasteiger partial charge >= 0.3 is 29.8 Å². The minimum atomic E-state index is -0.242. The molecule has 8 aromatic rings. The van der Waals surface area contributed by atoms with Gasteiger partial charge in [0.2, 0.25) is 0 Å². The van der Waals surface area contributed by atoms with E-state index in [2.05, 4.69) is 0 Å². The van der Waals surface area contributed by atoms with E-state index in [0.717, 1.165) is 53.6 Å². The van der Waals surface area contributed by atoms with Crippen LogP contribution in [0.1, 0.15) is 112 Å². The fraction of sp³-hybridized carbons (Fsp3) is 0.319. The first-order valence-corrected chi connectivity index (χ1v) is 28.3. The van der Waals surface area contributed by atoms with Crippen LogP contribution in [0.15, 0.2) is 146 Å². The third-order valence-electron chi connectivity index (χ3n) is 14.0. The maximum atomic E-state index is 11.8. The highest BCUT2D eigenvalue weighted by Crippen LogP contribution is 2.34. The zero-order valence-corrected chi connectivity index (χ0v) is 50.1. The van der Waals surface area contributed by atoms with E-state index in [1.807, 2.05) is 99.6 Å². The van der Waals surface area contributed by atoms with E-state index in [0.29, 0.717) is 50.6 Å². The second-order valence-corrected chi connectivity index (χ2v) is 20.5. The van der Waals surface area contributed by atoms with Gasteiger partial charge in [-0.1, -0.05) is 130 Å². The molecule has 0 aliphatic rings. The Bertz CT molecular complexity index is 3400. The average Bonchev–Trinajstić information content (AvgIpc) is 3.70. The second kappa shape index (κ2) is 33.1. The lowest BCUT2D eigenvalue weighted by molar-refractivity contribution is -0.139. The van der Waals surface area contributed by atoms with Crippen LogP contribution in [0.25, 0.3) is 32.3 Å². The minimum Gasteiger partial charge on any atom is -0.508 e. The maximum Gasteiger partial charge on any atom is 0.314 e. The Morgan fingerprint density at radius 1 is 0.345 bits per heavy atom. The molecule has 0 heterocycles. The van der Waals surface area contributed by atoms with Gasteiger partial charge in [0.05, 0.1) is 29.6 Å². The van der Waals surface area contributed by atoms with Crippen molar-refractivity contribution in [3.8, 4) is 57.5 Å². The van der Waals surface area contributed by atoms with Crippen molar-refractivity contribution in [3.05, 3.63) is 157 Å². The zero-order valence-electron chi connectivity index (χ0n) is 50.1. The Hall–Kier alpha value is -9.11. The van der Waals surface area contributed by atoms with E-state index in [4.69, 9.17) is 28.8 Å². The molecule has 0 spiro atoms. The molecule has 446 valence electrons. The van der Waals surface area contributed by atoms with Crippen LogP contribution in [0.4, 0.5) is 0 Å². The number of ether oxygens (including phenoxy) is 5. The van der Waals surface area contributed by atoms with Crippen LogP contribution in [-0.2, 0) is 24.0 Å². The van der Waals surface area contributed by atoms with Crippen LogP contribution < -0.4 is 23.7 Å². The van der Waals surface area contributed by atoms with E-state index < -0.39 is 0 Å². The van der Waals surface area contributed by atoms with Crippen molar-refractivity contribution in [2.45, 2.75) is 115 Å². The van der Waals surface area contributed by atoms with Crippen molar-refractivity contribution in [2.75, 3.05) is 0 Å². The molecule has 0 saturated carbocycles. The maximum absolute atomic E-state index is 11.8. The summed E-state index contributed by atoms with van der Waals surface area (Å²) in [6, 6.07) is 40.8. The number of phenols is 5. The Balaban J connectivity index is 0.000000226. The number of benzene rings is 8. The van der Waals surface area contributed by atoms with Crippen LogP contribution in [0.3, 0.4) is 0 Å². The lowest BCUT2D eigenvalue weighted by Crippen LogP contribution is -2.17. The van der Waals surface area contributed by atoms with Gasteiger partial charge in [-0.2, -0.15) is 0 Å². The summed E-state index contributed by atoms with van der Waals surface area (Å²) in [5, 5.41) is 52.1. The molecule has 5 N–H and O–H groups in total. The number of phenolic OH excluding ortho intramolecular Hbond substituents is 5. The lowest BCUT2D eigenvalue weighted by atomic mass is 10.1. The van der Waals surface area contributed by atoms with Crippen molar-refractivity contribution >= 4 is 62.2 Å². The summed E-state index contributed by atoms with van der Waals surface area (Å²) in [7, 11) is 0. The van der Waals surface area contributed by atoms with Gasteiger partial charge in [-0.05, 0) is 153 Å². The number of aromatic hydroxyl groups is 5. The average molecular weight is 1150 g/mol. The van der Waals surface area contributed by atoms with Crippen LogP contribution in [0.2, 0.25) is 0 Å². The third-order valence-corrected chi connectivity index (χ3v) is 14.0. The molecule has 0 saturated heterocycles. The molecule has 0 fully saturated rings. The van der Waals surface area contributed by atoms with E-state index in [9.17, 15) is 44.4 Å². The zero-order chi connectivity index (χ0) is 62.2. The summed E-state index contributed by atoms with van der Waals surface area (Å²) in [4.78, 5) is 58.2. The predicted molar refractivity (Wildman–Crippen MR) is 328 cm³/mol. The normalized spacial score (nSPS) is 12.3. The SMILES string of the molecule is CCC(C)C(=O)Oc1cc(C)c(O)c(C)c1.CCC(C)C(=O)Oc1ccc(O)c2ccccc12.CCC(C)C(=O)Oc1ccc(O)cc1.CCC(C)C(=O)Oc1ccc2cc(O)ccc2c1.CCC(C)C(=O)Oc1cccc2c(O)cccc12. The van der Waals surface area contributed by atoms with Crippen LogP contribution in [0, 0.1) is 43.4 Å². The molecule has 0 bridgehead atoms. The highest BCUT2D eigenvalue weighted by molar-refractivity contribution is 5.95. The molecule has 15 nitrogen and oxygen atoms in total. The van der Waals surface area contributed by atoms with Crippen LogP contribution >= 0.6 is 0 Å². The van der Waals surface area contributed by atoms with Gasteiger partial charge in [0.1, 0.15) is 57.5 Å². The van der Waals surface area contributed by atoms with Crippen LogP contribution in [-0.4, -0.2) is 55.4 Å². The number of hydrogen-bond donors (Lipinski definition) is 5. The predicted octanol–water partition coefficient (Wildman–Crippen LogP) is 15.8. The summed E-state index contributed by atoms with van der Waals surface area (Å²) < 4.78 is 26.4. The van der Waals surface area contributed by atoms with Crippen molar-refractivity contribution < 1.29 is 73.2 Å². The minimum absolute atomic E-state index is 0.0937. The molecule has 5 unspecified atom stereocenters. The second-order valence-electron chi connectivity index (χ2n) is 20.5. The topological polar surface area (TPSA) is 233 Å². The lowest BCUT2D eigenvalue weighted by Gasteiger charge is -2.11. The Morgan fingerprint density at radius 3 is 1.20 bits per heavy atom. The van der Waals surface area contributed by atoms with E-state index in [1.54, 1.807) is 117 Å². The molecule has 0 aliphatic heterocycles. The van der Waals surface area contributed by atoms with E-state index >= 15 is 0 Å². The van der Waals surface area contributed by atoms with Gasteiger partial charge < -0.3 is 49.2 Å². The number of aryl methyl sites for hydroxylation is 2. The molecule has 0 radical (unpaired) electrons. The standard InChI is InChI=1S/3C15H16O3.C13H18O3.C11H14O3/c1-3-10(2)15(17)18-14-9-5-6-11-12(14)7-4-8-13(11)16;1-3-10(2)15(17)18-14-7-5-11-8-13(16)6-4-12(11)9-14;1-3-10(2)15(17)18-14-9-8-13(16)11-6-4-5-7-12(11)14;1-5-8(2)13(15)16-11-6-9(3)12(14)10(4)7-11;1-3-8(2)11(13)14-10-6-4-9(12)5-7-10/h3*4-10,16H,3H2,1-2H3;6-8,14H,5H2,1-4H3;4-8,12H,3H2,1-2H3. The first-order valence-electron chi connectivity index (χ1n) is 28.3. The van der Waals surface area contributed by atoms with E-state index in [1.165, 1.54) is 12.1 Å². The van der Waals surface area contributed by atoms with Crippen molar-refractivity contribution in [2.24, 2.45) is 29.6 Å². The Morgan fingerprint density at radius 2 is 0.702 bits per heavy atom. The number of rotatable bonds is 15. The molecular weight excluding hydrogens is 1070 g/mol. The molecule has 8 rings (SSSR count). The summed E-state index contributed by atoms with van der Waals surface area (Å²) >= 11 is 0. The number of carbonyl (C=O) groups is 5. The molecule has 0 aromatic heterocycles. The quantitative estimate of drug-likeness (QED) is 0.0474. The van der Waals surface area contributed by atoms with Gasteiger partial charge in [0.15, 0.2) is 0 Å². The number of hydrogen-bond acceptors (Lipinski definition) is 15. The van der Waals surface area contributed by atoms with Crippen molar-refractivity contribution in [1.82, 2.24) is 0 Å².